The molecule has 31 heteroatoms. The molecule has 1 heterocycles. The van der Waals surface area contributed by atoms with E-state index in [1.54, 1.807) is 54.5 Å². The molecule has 1 aliphatic rings. The molecule has 520 valence electrons. The number of nitrogens with two attached hydrogens (primary N) is 4. The van der Waals surface area contributed by atoms with E-state index >= 15 is 4.79 Å². The van der Waals surface area contributed by atoms with Gasteiger partial charge in [-0.2, -0.15) is 0 Å². The van der Waals surface area contributed by atoms with E-state index in [9.17, 15) is 68.1 Å². The number of aliphatic hydroxyl groups is 3. The van der Waals surface area contributed by atoms with Crippen LogP contribution in [0, 0.1) is 28.6 Å². The standard InChI is InChI=1S/C60H102N16O15.CH4/c1-15-30(6)39-54(88)73-40(32(8)77)53(87)66-27-38(78)71-44(46(80)47(62)81)56(90)67-31(7)48(82)74-41(33-20-17-16-18-21-33)42(75-52(86)37(26-60(12,13)14)70-49(83)34(61)25-59(9,10)11)55(89)76-43(45(79)29(4)5)57(91)69-36(24-28(2)3)51(85)68-35(50(84)72-39)22-19-23-65-58(63)64;/h16-18,20-21,28-32,34-37,39-46,77,79-80H,15,19,22-27,61H2,1-14H3,(H2,62,81)(H,66,87)(H,67,90)(H,68,85)(H,69,91)(H,70,83)(H,71,78)(H,72,84)(H,73,88)(H,74,82)(H,75,86)(H,76,89)(H4,63,64,65);1H4/t30-,31-,32-,34+,35+,36-,37-,39-,40-,41+,42-,43-,44?,45+,46-;/m0./s1. The van der Waals surface area contributed by atoms with Gasteiger partial charge in [0.25, 0.3) is 0 Å². The van der Waals surface area contributed by atoms with Crippen molar-refractivity contribution >= 4 is 76.8 Å². The lowest BCUT2D eigenvalue weighted by Crippen LogP contribution is -2.65. The minimum absolute atomic E-state index is 0. The first-order valence-corrected chi connectivity index (χ1v) is 30.6. The monoisotopic (exact) mass is 1300 g/mol. The maximum atomic E-state index is 15.5. The fourth-order valence-corrected chi connectivity index (χ4v) is 9.57. The summed E-state index contributed by atoms with van der Waals surface area (Å²) in [6.07, 6.45) is -5.75. The third-order valence-corrected chi connectivity index (χ3v) is 14.7. The molecule has 0 aromatic heterocycles. The van der Waals surface area contributed by atoms with Gasteiger partial charge < -0.3 is 96.7 Å². The van der Waals surface area contributed by atoms with Crippen LogP contribution in [0.3, 0.4) is 0 Å². The van der Waals surface area contributed by atoms with Gasteiger partial charge in [-0.25, -0.2) is 0 Å². The van der Waals surface area contributed by atoms with Crippen LogP contribution in [0.25, 0.3) is 0 Å². The molecule has 1 unspecified atom stereocenters. The molecule has 12 amide bonds. The number of carbonyl (C=O) groups is 12. The molecule has 0 bridgehead atoms. The van der Waals surface area contributed by atoms with Gasteiger partial charge in [-0.15, -0.1) is 0 Å². The largest absolute Gasteiger partial charge is 0.391 e. The van der Waals surface area contributed by atoms with Gasteiger partial charge in [0.15, 0.2) is 12.1 Å². The molecule has 0 aliphatic carbocycles. The van der Waals surface area contributed by atoms with Crippen molar-refractivity contribution in [2.45, 2.75) is 228 Å². The molecule has 22 N–H and O–H groups in total. The molecule has 1 aliphatic heterocycles. The molecule has 31 nitrogen and oxygen atoms in total. The van der Waals surface area contributed by atoms with Crippen molar-refractivity contribution in [1.82, 2.24) is 58.5 Å². The third-order valence-electron chi connectivity index (χ3n) is 14.7. The zero-order valence-corrected chi connectivity index (χ0v) is 54.9. The van der Waals surface area contributed by atoms with Crippen LogP contribution in [0.15, 0.2) is 35.3 Å². The highest BCUT2D eigenvalue weighted by molar-refractivity contribution is 6.00. The smallest absolute Gasteiger partial charge is 0.248 e. The maximum Gasteiger partial charge on any atom is 0.248 e. The number of amides is 12. The van der Waals surface area contributed by atoms with Gasteiger partial charge in [-0.05, 0) is 80.1 Å². The number of benzene rings is 1. The van der Waals surface area contributed by atoms with Crippen molar-refractivity contribution in [3.63, 3.8) is 0 Å². The predicted molar refractivity (Wildman–Crippen MR) is 343 cm³/mol. The molecule has 1 aromatic carbocycles. The maximum absolute atomic E-state index is 15.5. The molecule has 0 radical (unpaired) electrons. The Labute approximate surface area is 539 Å². The highest BCUT2D eigenvalue weighted by Gasteiger charge is 2.43. The highest BCUT2D eigenvalue weighted by Crippen LogP contribution is 2.25. The quantitative estimate of drug-likeness (QED) is 0.0343. The summed E-state index contributed by atoms with van der Waals surface area (Å²) in [5.41, 5.74) is 21.8. The van der Waals surface area contributed by atoms with Crippen molar-refractivity contribution in [1.29, 1.82) is 0 Å². The van der Waals surface area contributed by atoms with Crippen LogP contribution in [-0.2, 0) is 57.5 Å². The van der Waals surface area contributed by atoms with Crippen molar-refractivity contribution in [2.24, 2.45) is 56.5 Å². The van der Waals surface area contributed by atoms with Gasteiger partial charge in [0.2, 0.25) is 70.9 Å². The van der Waals surface area contributed by atoms with Crippen molar-refractivity contribution in [3.8, 4) is 0 Å². The Morgan fingerprint density at radius 2 is 1.17 bits per heavy atom. The van der Waals surface area contributed by atoms with Crippen molar-refractivity contribution < 1.29 is 72.9 Å². The van der Waals surface area contributed by atoms with Gasteiger partial charge >= 0.3 is 0 Å². The average molecular weight is 1300 g/mol. The lowest BCUT2D eigenvalue weighted by molar-refractivity contribution is -0.140. The summed E-state index contributed by atoms with van der Waals surface area (Å²) in [5, 5.41) is 60.9. The Balaban J connectivity index is 0.0000423. The highest BCUT2D eigenvalue weighted by atomic mass is 16.3. The molecular formula is C61H106N16O15. The summed E-state index contributed by atoms with van der Waals surface area (Å²) in [7, 11) is 0. The molecule has 1 fully saturated rings. The zero-order chi connectivity index (χ0) is 69.6. The number of nitrogens with zero attached hydrogens (tertiary/aromatic N) is 1. The van der Waals surface area contributed by atoms with Gasteiger partial charge in [-0.1, -0.05) is 127 Å². The second kappa shape index (κ2) is 37.5. The summed E-state index contributed by atoms with van der Waals surface area (Å²) < 4.78 is 0. The molecule has 92 heavy (non-hydrogen) atoms. The van der Waals surface area contributed by atoms with E-state index in [1.807, 2.05) is 20.8 Å². The molecule has 2 rings (SSSR count). The summed E-state index contributed by atoms with van der Waals surface area (Å²) >= 11 is 0. The van der Waals surface area contributed by atoms with Crippen LogP contribution in [-0.4, -0.2) is 184 Å². The van der Waals surface area contributed by atoms with E-state index < -0.39 is 185 Å². The van der Waals surface area contributed by atoms with Crippen LogP contribution in [0.1, 0.15) is 154 Å². The van der Waals surface area contributed by atoms with Gasteiger partial charge in [0, 0.05) is 6.54 Å². The molecule has 0 spiro atoms. The van der Waals surface area contributed by atoms with Gasteiger partial charge in [0.05, 0.1) is 30.8 Å². The van der Waals surface area contributed by atoms with Gasteiger partial charge in [-0.3, -0.25) is 62.5 Å². The van der Waals surface area contributed by atoms with Gasteiger partial charge in [0.1, 0.15) is 54.4 Å². The first-order chi connectivity index (χ1) is 42.1. The lowest BCUT2D eigenvalue weighted by atomic mass is 9.86. The fourth-order valence-electron chi connectivity index (χ4n) is 9.57. The Kier molecular flexibility index (Phi) is 33.4. The van der Waals surface area contributed by atoms with E-state index in [1.165, 1.54) is 38.1 Å². The number of hydrogen-bond donors (Lipinski definition) is 18. The number of rotatable bonds is 20. The van der Waals surface area contributed by atoms with Crippen LogP contribution in [0.2, 0.25) is 0 Å². The van der Waals surface area contributed by atoms with Crippen molar-refractivity contribution in [2.75, 3.05) is 13.1 Å². The molecule has 1 aromatic rings. The fraction of sp³-hybridized carbons (Fsp3) is 0.689. The summed E-state index contributed by atoms with van der Waals surface area (Å²) in [6.45, 7) is 21.9. The number of aliphatic hydroxyl groups excluding tert-OH is 3. The van der Waals surface area contributed by atoms with E-state index in [0.29, 0.717) is 0 Å². The number of primary amides is 1. The van der Waals surface area contributed by atoms with Crippen molar-refractivity contribution in [3.05, 3.63) is 35.9 Å². The Bertz CT molecular complexity index is 2710. The lowest BCUT2D eigenvalue weighted by Gasteiger charge is -2.35. The zero-order valence-electron chi connectivity index (χ0n) is 54.9. The number of aliphatic imine (C=N–C) groups is 1. The average Bonchev–Trinajstić information content (AvgIpc) is 0.847. The first-order valence-electron chi connectivity index (χ1n) is 30.6. The molecular weight excluding hydrogens is 1200 g/mol. The third kappa shape index (κ3) is 27.4. The number of carbonyl (C=O) groups excluding carboxylic acids is 12. The normalized spacial score (nSPS) is 24.6. The SMILES string of the molecule is C.CC[C@H](C)[C@@H]1NC(=O)[C@@H](CCCN=C(N)N)NC(=O)[C@H](CC(C)C)NC(=O)[C@H]([C@H](O)C(C)C)NC(=O)[C@@H](NC(=O)[C@H](CC(C)(C)C)NC(=O)[C@H](N)CC(C)(C)C)[C@@H](c2ccccc2)NC(=O)[C@H](C)NC(=O)C([C@H](O)C(N)=O)NC(=O)CNC(=O)[C@H]([C@H](C)O)NC1=O. The van der Waals surface area contributed by atoms with E-state index in [0.717, 1.165) is 13.8 Å². The van der Waals surface area contributed by atoms with Crippen LogP contribution >= 0.6 is 0 Å². The minimum atomic E-state index is -2.48. The second-order valence-electron chi connectivity index (χ2n) is 26.4. The second-order valence-corrected chi connectivity index (χ2v) is 26.4. The van der Waals surface area contributed by atoms with Crippen LogP contribution < -0.4 is 81.4 Å². The molecule has 0 saturated carbocycles. The van der Waals surface area contributed by atoms with Crippen LogP contribution in [0.4, 0.5) is 0 Å². The molecule has 1 saturated heterocycles. The minimum Gasteiger partial charge on any atom is -0.391 e. The topological polar surface area (TPSA) is 514 Å². The van der Waals surface area contributed by atoms with Crippen LogP contribution in [0.5, 0.6) is 0 Å². The number of hydrogen-bond acceptors (Lipinski definition) is 17. The van der Waals surface area contributed by atoms with E-state index in [4.69, 9.17) is 22.9 Å². The Morgan fingerprint density at radius 3 is 1.70 bits per heavy atom. The number of nitrogens with one attached hydrogen (secondary N) is 11. The van der Waals surface area contributed by atoms with E-state index in [-0.39, 0.29) is 69.9 Å². The summed E-state index contributed by atoms with van der Waals surface area (Å²) in [6, 6.07) is -11.0. The summed E-state index contributed by atoms with van der Waals surface area (Å²) in [4.78, 5) is 175. The predicted octanol–water partition coefficient (Wildman–Crippen LogP) is -3.42. The Hall–Kier alpha value is -8.03. The first kappa shape index (κ1) is 82.0. The van der Waals surface area contributed by atoms with E-state index in [2.05, 4.69) is 63.5 Å². The summed E-state index contributed by atoms with van der Waals surface area (Å²) in [5.74, 6) is -15.6. The number of guanidine groups is 1. The molecule has 15 atom stereocenters. The Morgan fingerprint density at radius 1 is 0.641 bits per heavy atom.